The van der Waals surface area contributed by atoms with Gasteiger partial charge in [-0.1, -0.05) is 17.7 Å². The monoisotopic (exact) mass is 448 g/mol. The summed E-state index contributed by atoms with van der Waals surface area (Å²) in [6.07, 6.45) is -7.42. The molecule has 0 spiro atoms. The predicted octanol–water partition coefficient (Wildman–Crippen LogP) is 0.0244. The Bertz CT molecular complexity index is 916. The van der Waals surface area contributed by atoms with Crippen LogP contribution in [-0.4, -0.2) is 66.8 Å². The molecule has 11 heteroatoms. The highest BCUT2D eigenvalue weighted by Gasteiger charge is 2.44. The number of hydrogen-bond donors (Lipinski definition) is 7. The fourth-order valence-corrected chi connectivity index (χ4v) is 3.54. The quantitative estimate of drug-likeness (QED) is 0.324. The molecule has 8 nitrogen and oxygen atoms in total. The molecule has 30 heavy (non-hydrogen) atoms. The Labute approximate surface area is 173 Å². The first kappa shape index (κ1) is 22.8. The molecule has 1 saturated heterocycles. The smallest absolute Gasteiger partial charge is 0.219 e. The van der Waals surface area contributed by atoms with Crippen molar-refractivity contribution in [2.45, 2.75) is 36.3 Å². The Morgan fingerprint density at radius 1 is 0.967 bits per heavy atom. The van der Waals surface area contributed by atoms with Gasteiger partial charge in [0, 0.05) is 16.1 Å². The second-order valence-electron chi connectivity index (χ2n) is 6.95. The van der Waals surface area contributed by atoms with Crippen LogP contribution in [0.15, 0.2) is 30.3 Å². The minimum atomic E-state index is -3.02. The number of benzene rings is 2. The lowest BCUT2D eigenvalue weighted by Crippen LogP contribution is -2.55. The maximum Gasteiger partial charge on any atom is 0.219 e. The molecular weight excluding hydrogens is 430 g/mol. The molecule has 0 saturated carbocycles. The SMILES string of the molecule is OCC1OC(c2ccc(Cl)c(C(O)(O)c3cc(F)c(O)c(F)c3)c2)C(O)C(O)C1O. The molecule has 7 N–H and O–H groups in total. The van der Waals surface area contributed by atoms with E-state index in [9.17, 15) is 44.5 Å². The van der Waals surface area contributed by atoms with Crippen LogP contribution >= 0.6 is 11.6 Å². The van der Waals surface area contributed by atoms with Crippen molar-refractivity contribution in [3.05, 3.63) is 63.7 Å². The van der Waals surface area contributed by atoms with E-state index in [1.54, 1.807) is 0 Å². The van der Waals surface area contributed by atoms with Crippen LogP contribution in [0.25, 0.3) is 0 Å². The number of aliphatic hydroxyl groups excluding tert-OH is 4. The van der Waals surface area contributed by atoms with E-state index in [0.717, 1.165) is 6.07 Å². The molecule has 0 amide bonds. The third-order valence-electron chi connectivity index (χ3n) is 5.01. The molecule has 0 aromatic heterocycles. The standard InChI is InChI=1S/C19H19ClF2O8/c20-10-2-1-7(18-17(27)16(26)15(25)13(6-23)30-18)3-9(10)19(28,29)8-4-11(21)14(24)12(22)5-8/h1-5,13,15-18,23-29H,6H2. The molecule has 2 aromatic carbocycles. The lowest BCUT2D eigenvalue weighted by atomic mass is 9.89. The second kappa shape index (κ2) is 8.33. The number of phenolic OH excluding ortho intramolecular Hbond substituents is 1. The van der Waals surface area contributed by atoms with Gasteiger partial charge in [0.1, 0.15) is 30.5 Å². The summed E-state index contributed by atoms with van der Waals surface area (Å²) in [5.74, 6) is -7.18. The molecular formula is C19H19ClF2O8. The van der Waals surface area contributed by atoms with Crippen molar-refractivity contribution in [2.24, 2.45) is 0 Å². The Morgan fingerprint density at radius 2 is 1.57 bits per heavy atom. The van der Waals surface area contributed by atoms with Gasteiger partial charge in [0.15, 0.2) is 17.4 Å². The maximum absolute atomic E-state index is 13.7. The van der Waals surface area contributed by atoms with Crippen LogP contribution in [0.4, 0.5) is 8.78 Å². The van der Waals surface area contributed by atoms with Crippen molar-refractivity contribution in [3.8, 4) is 5.75 Å². The van der Waals surface area contributed by atoms with Crippen LogP contribution in [0.3, 0.4) is 0 Å². The fraction of sp³-hybridized carbons (Fsp3) is 0.368. The van der Waals surface area contributed by atoms with Gasteiger partial charge in [-0.05, 0) is 29.8 Å². The van der Waals surface area contributed by atoms with Gasteiger partial charge in [0.05, 0.1) is 6.61 Å². The number of halogens is 3. The van der Waals surface area contributed by atoms with E-state index in [0.29, 0.717) is 12.1 Å². The summed E-state index contributed by atoms with van der Waals surface area (Å²) in [5.41, 5.74) is -1.05. The van der Waals surface area contributed by atoms with E-state index in [1.165, 1.54) is 12.1 Å². The summed E-state index contributed by atoms with van der Waals surface area (Å²) >= 11 is 6.03. The molecule has 5 atom stereocenters. The summed E-state index contributed by atoms with van der Waals surface area (Å²) in [7, 11) is 0. The highest BCUT2D eigenvalue weighted by molar-refractivity contribution is 6.31. The second-order valence-corrected chi connectivity index (χ2v) is 7.36. The fourth-order valence-electron chi connectivity index (χ4n) is 3.29. The largest absolute Gasteiger partial charge is 0.503 e. The van der Waals surface area contributed by atoms with E-state index in [4.69, 9.17) is 16.3 Å². The van der Waals surface area contributed by atoms with E-state index >= 15 is 0 Å². The maximum atomic E-state index is 13.7. The molecule has 1 aliphatic rings. The Morgan fingerprint density at radius 3 is 2.13 bits per heavy atom. The summed E-state index contributed by atoms with van der Waals surface area (Å²) < 4.78 is 32.8. The van der Waals surface area contributed by atoms with Crippen LogP contribution in [0.1, 0.15) is 22.8 Å². The highest BCUT2D eigenvalue weighted by Crippen LogP contribution is 2.39. The van der Waals surface area contributed by atoms with Crippen molar-refractivity contribution in [3.63, 3.8) is 0 Å². The lowest BCUT2D eigenvalue weighted by Gasteiger charge is -2.40. The molecule has 5 unspecified atom stereocenters. The number of ether oxygens (including phenoxy) is 1. The first-order valence-electron chi connectivity index (χ1n) is 8.72. The van der Waals surface area contributed by atoms with Gasteiger partial charge in [-0.25, -0.2) is 8.78 Å². The normalized spacial score (nSPS) is 27.3. The van der Waals surface area contributed by atoms with Gasteiger partial charge in [-0.3, -0.25) is 0 Å². The molecule has 0 aliphatic carbocycles. The lowest BCUT2D eigenvalue weighted by molar-refractivity contribution is -0.231. The van der Waals surface area contributed by atoms with Crippen molar-refractivity contribution in [2.75, 3.05) is 6.61 Å². The van der Waals surface area contributed by atoms with Gasteiger partial charge in [0.25, 0.3) is 0 Å². The van der Waals surface area contributed by atoms with Crippen LogP contribution < -0.4 is 0 Å². The third-order valence-corrected chi connectivity index (χ3v) is 5.34. The number of hydrogen-bond acceptors (Lipinski definition) is 8. The summed E-state index contributed by atoms with van der Waals surface area (Å²) in [5, 5.41) is 69.6. The third kappa shape index (κ3) is 3.88. The van der Waals surface area contributed by atoms with Crippen molar-refractivity contribution >= 4 is 11.6 Å². The molecule has 0 bridgehead atoms. The molecule has 1 fully saturated rings. The van der Waals surface area contributed by atoms with Gasteiger partial charge in [-0.15, -0.1) is 0 Å². The van der Waals surface area contributed by atoms with E-state index in [-0.39, 0.29) is 10.6 Å². The average molecular weight is 449 g/mol. The molecule has 164 valence electrons. The van der Waals surface area contributed by atoms with E-state index in [2.05, 4.69) is 0 Å². The van der Waals surface area contributed by atoms with Gasteiger partial charge in [-0.2, -0.15) is 0 Å². The highest BCUT2D eigenvalue weighted by atomic mass is 35.5. The van der Waals surface area contributed by atoms with Gasteiger partial charge >= 0.3 is 0 Å². The minimum absolute atomic E-state index is 0.0681. The van der Waals surface area contributed by atoms with Crippen molar-refractivity contribution in [1.29, 1.82) is 0 Å². The zero-order chi connectivity index (χ0) is 22.4. The van der Waals surface area contributed by atoms with E-state index < -0.39 is 71.4 Å². The Kier molecular flexibility index (Phi) is 6.33. The molecule has 3 rings (SSSR count). The molecule has 2 aromatic rings. The number of aromatic hydroxyl groups is 1. The van der Waals surface area contributed by atoms with Crippen molar-refractivity contribution < 1.29 is 49.3 Å². The van der Waals surface area contributed by atoms with Crippen molar-refractivity contribution in [1.82, 2.24) is 0 Å². The molecule has 1 heterocycles. The summed E-state index contributed by atoms with van der Waals surface area (Å²) in [6.45, 7) is -0.669. The Balaban J connectivity index is 2.05. The van der Waals surface area contributed by atoms with Crippen LogP contribution in [0.5, 0.6) is 5.75 Å². The van der Waals surface area contributed by atoms with Crippen LogP contribution in [-0.2, 0) is 10.5 Å². The van der Waals surface area contributed by atoms with Gasteiger partial charge < -0.3 is 40.5 Å². The van der Waals surface area contributed by atoms with E-state index in [1.807, 2.05) is 0 Å². The topological polar surface area (TPSA) is 151 Å². The average Bonchev–Trinajstić information content (AvgIpc) is 2.70. The molecule has 1 aliphatic heterocycles. The number of rotatable bonds is 4. The molecule has 0 radical (unpaired) electrons. The van der Waals surface area contributed by atoms with Gasteiger partial charge in [0.2, 0.25) is 5.79 Å². The predicted molar refractivity (Wildman–Crippen MR) is 97.4 cm³/mol. The Hall–Kier alpha value is -1.89. The zero-order valence-electron chi connectivity index (χ0n) is 15.2. The number of phenols is 1. The first-order valence-corrected chi connectivity index (χ1v) is 9.10. The summed E-state index contributed by atoms with van der Waals surface area (Å²) in [6, 6.07) is 4.61. The minimum Gasteiger partial charge on any atom is -0.503 e. The zero-order valence-corrected chi connectivity index (χ0v) is 15.9. The van der Waals surface area contributed by atoms with Crippen LogP contribution in [0.2, 0.25) is 5.02 Å². The summed E-state index contributed by atoms with van der Waals surface area (Å²) in [4.78, 5) is 0. The van der Waals surface area contributed by atoms with Crippen LogP contribution in [0, 0.1) is 11.6 Å². The number of aliphatic hydroxyl groups is 6. The first-order chi connectivity index (χ1) is 14.0.